The molecule has 45 heavy (non-hydrogen) atoms. The fourth-order valence-corrected chi connectivity index (χ4v) is 6.09. The largest absolute Gasteiger partial charge is 0.457 e. The maximum atomic E-state index is 15.4. The number of carbonyl (C=O) groups is 2. The summed E-state index contributed by atoms with van der Waals surface area (Å²) < 4.78 is 27.3. The number of halogens is 1. The molecule has 10 nitrogen and oxygen atoms in total. The molecular formula is C34H35FN6O4. The van der Waals surface area contributed by atoms with E-state index in [-0.39, 0.29) is 29.6 Å². The van der Waals surface area contributed by atoms with Crippen molar-refractivity contribution in [2.24, 2.45) is 5.92 Å². The van der Waals surface area contributed by atoms with Crippen molar-refractivity contribution >= 4 is 11.8 Å². The highest BCUT2D eigenvalue weighted by Crippen LogP contribution is 2.38. The summed E-state index contributed by atoms with van der Waals surface area (Å²) in [5.41, 5.74) is 3.01. The molecule has 1 saturated carbocycles. The minimum Gasteiger partial charge on any atom is -0.457 e. The summed E-state index contributed by atoms with van der Waals surface area (Å²) in [4.78, 5) is 33.5. The van der Waals surface area contributed by atoms with E-state index in [1.807, 2.05) is 41.8 Å². The Balaban J connectivity index is 1.16. The summed E-state index contributed by atoms with van der Waals surface area (Å²) in [6.07, 6.45) is 2.98. The van der Waals surface area contributed by atoms with Crippen molar-refractivity contribution < 1.29 is 23.2 Å². The summed E-state index contributed by atoms with van der Waals surface area (Å²) >= 11 is 0. The summed E-state index contributed by atoms with van der Waals surface area (Å²) in [7, 11) is 0. The van der Waals surface area contributed by atoms with E-state index in [9.17, 15) is 9.59 Å². The molecule has 11 heteroatoms. The average Bonchev–Trinajstić information content (AvgIpc) is 3.45. The van der Waals surface area contributed by atoms with Crippen LogP contribution in [-0.2, 0) is 16.1 Å². The highest BCUT2D eigenvalue weighted by molar-refractivity contribution is 5.80. The summed E-state index contributed by atoms with van der Waals surface area (Å²) in [5.74, 6) is 1.64. The molecule has 2 aromatic heterocycles. The van der Waals surface area contributed by atoms with Crippen LogP contribution in [0.5, 0.6) is 11.5 Å². The van der Waals surface area contributed by atoms with Gasteiger partial charge in [-0.2, -0.15) is 15.2 Å². The van der Waals surface area contributed by atoms with E-state index < -0.39 is 5.82 Å². The molecular weight excluding hydrogens is 575 g/mol. The van der Waals surface area contributed by atoms with Gasteiger partial charge in [0.15, 0.2) is 0 Å². The number of hydrogen-bond donors (Lipinski definition) is 0. The van der Waals surface area contributed by atoms with Gasteiger partial charge in [-0.05, 0) is 55.0 Å². The van der Waals surface area contributed by atoms with Gasteiger partial charge in [0.1, 0.15) is 17.3 Å². The fourth-order valence-electron chi connectivity index (χ4n) is 6.09. The standard InChI is InChI=1S/C34H35FN6O4/c1-19(2)28-10-11-29(38-37-28)26-9-8-25(15-27(26)35)44-30-13-21(4-5-22(30)17-40-16-20(3)12-31(40)42)33-36-34(45-39-33)23-14-32(43)41(18-23)24-6-7-24/h4-5,8-11,13,15,19-20,23-24H,6-7,12,14,16-18H2,1-3H3/t20-,23?/m0/s1. The normalized spacial score (nSPS) is 20.1. The fraction of sp³-hybridized carbons (Fsp3) is 0.412. The van der Waals surface area contributed by atoms with Crippen LogP contribution < -0.4 is 4.74 Å². The van der Waals surface area contributed by atoms with Gasteiger partial charge < -0.3 is 19.1 Å². The monoisotopic (exact) mass is 610 g/mol. The number of benzene rings is 2. The molecule has 4 heterocycles. The molecule has 2 atom stereocenters. The Kier molecular flexibility index (Phi) is 7.55. The Morgan fingerprint density at radius 2 is 1.84 bits per heavy atom. The Bertz CT molecular complexity index is 1750. The van der Waals surface area contributed by atoms with Crippen molar-refractivity contribution in [3.05, 3.63) is 71.5 Å². The molecule has 2 amide bonds. The zero-order valence-corrected chi connectivity index (χ0v) is 25.6. The molecule has 2 saturated heterocycles. The first kappa shape index (κ1) is 29.1. The van der Waals surface area contributed by atoms with Gasteiger partial charge >= 0.3 is 0 Å². The number of nitrogens with zero attached hydrogens (tertiary/aromatic N) is 6. The van der Waals surface area contributed by atoms with Gasteiger partial charge in [0, 0.05) is 61.3 Å². The van der Waals surface area contributed by atoms with Crippen molar-refractivity contribution in [2.75, 3.05) is 13.1 Å². The minimum absolute atomic E-state index is 0.0895. The molecule has 0 bridgehead atoms. The summed E-state index contributed by atoms with van der Waals surface area (Å²) in [6, 6.07) is 14.1. The number of likely N-dealkylation sites (tertiary alicyclic amines) is 2. The van der Waals surface area contributed by atoms with E-state index >= 15 is 4.39 Å². The zero-order valence-electron chi connectivity index (χ0n) is 25.6. The molecule has 2 aliphatic heterocycles. The molecule has 0 spiro atoms. The predicted molar refractivity (Wildman–Crippen MR) is 163 cm³/mol. The summed E-state index contributed by atoms with van der Waals surface area (Å²) in [6.45, 7) is 7.71. The van der Waals surface area contributed by atoms with E-state index in [0.29, 0.717) is 78.6 Å². The molecule has 1 unspecified atom stereocenters. The predicted octanol–water partition coefficient (Wildman–Crippen LogP) is 6.10. The van der Waals surface area contributed by atoms with Gasteiger partial charge in [-0.15, -0.1) is 0 Å². The van der Waals surface area contributed by atoms with Gasteiger partial charge in [-0.1, -0.05) is 38.1 Å². The van der Waals surface area contributed by atoms with Gasteiger partial charge in [-0.3, -0.25) is 9.59 Å². The number of carbonyl (C=O) groups excluding carboxylic acids is 2. The Hall–Kier alpha value is -4.67. The Morgan fingerprint density at radius 1 is 1.00 bits per heavy atom. The minimum atomic E-state index is -0.491. The highest BCUT2D eigenvalue weighted by Gasteiger charge is 2.41. The maximum absolute atomic E-state index is 15.4. The molecule has 2 aromatic carbocycles. The average molecular weight is 611 g/mol. The molecule has 1 aliphatic carbocycles. The van der Waals surface area contributed by atoms with Crippen LogP contribution in [0.3, 0.4) is 0 Å². The van der Waals surface area contributed by atoms with Crippen LogP contribution in [0.4, 0.5) is 4.39 Å². The SMILES string of the molecule is CC(C)c1ccc(-c2ccc(Oc3cc(-c4noc(C5CC(=O)N(C6CC6)C5)n4)ccc3CN3C[C@@H](C)CC3=O)cc2F)nn1. The highest BCUT2D eigenvalue weighted by atomic mass is 19.1. The smallest absolute Gasteiger partial charge is 0.232 e. The molecule has 7 rings (SSSR count). The first-order valence-corrected chi connectivity index (χ1v) is 15.6. The van der Waals surface area contributed by atoms with Crippen molar-refractivity contribution in [2.45, 2.75) is 70.9 Å². The van der Waals surface area contributed by atoms with E-state index in [1.54, 1.807) is 24.3 Å². The third-order valence-electron chi connectivity index (χ3n) is 8.75. The van der Waals surface area contributed by atoms with Crippen LogP contribution in [0, 0.1) is 11.7 Å². The summed E-state index contributed by atoms with van der Waals surface area (Å²) in [5, 5.41) is 12.6. The lowest BCUT2D eigenvalue weighted by Crippen LogP contribution is -2.27. The van der Waals surface area contributed by atoms with Crippen molar-refractivity contribution in [1.29, 1.82) is 0 Å². The second-order valence-electron chi connectivity index (χ2n) is 12.8. The van der Waals surface area contributed by atoms with Crippen LogP contribution in [0.15, 0.2) is 53.1 Å². The van der Waals surface area contributed by atoms with Gasteiger partial charge in [0.25, 0.3) is 0 Å². The van der Waals surface area contributed by atoms with Gasteiger partial charge in [-0.25, -0.2) is 4.39 Å². The lowest BCUT2D eigenvalue weighted by Gasteiger charge is -2.19. The van der Waals surface area contributed by atoms with Gasteiger partial charge in [0.2, 0.25) is 23.5 Å². The lowest BCUT2D eigenvalue weighted by molar-refractivity contribution is -0.129. The molecule has 0 radical (unpaired) electrons. The Morgan fingerprint density at radius 3 is 2.53 bits per heavy atom. The van der Waals surface area contributed by atoms with Crippen molar-refractivity contribution in [3.8, 4) is 34.1 Å². The van der Waals surface area contributed by atoms with E-state index in [1.165, 1.54) is 6.07 Å². The zero-order chi connectivity index (χ0) is 31.2. The van der Waals surface area contributed by atoms with Crippen LogP contribution in [0.1, 0.15) is 75.4 Å². The first-order chi connectivity index (χ1) is 21.7. The van der Waals surface area contributed by atoms with E-state index in [0.717, 1.165) is 24.1 Å². The number of aromatic nitrogens is 4. The quantitative estimate of drug-likeness (QED) is 0.224. The lowest BCUT2D eigenvalue weighted by atomic mass is 10.1. The first-order valence-electron chi connectivity index (χ1n) is 15.6. The van der Waals surface area contributed by atoms with Crippen LogP contribution >= 0.6 is 0 Å². The van der Waals surface area contributed by atoms with E-state index in [4.69, 9.17) is 9.26 Å². The molecule has 4 aromatic rings. The van der Waals surface area contributed by atoms with E-state index in [2.05, 4.69) is 27.3 Å². The molecule has 3 aliphatic rings. The van der Waals surface area contributed by atoms with Crippen LogP contribution in [0.2, 0.25) is 0 Å². The third-order valence-corrected chi connectivity index (χ3v) is 8.75. The third kappa shape index (κ3) is 6.03. The second-order valence-corrected chi connectivity index (χ2v) is 12.8. The Labute approximate surface area is 260 Å². The number of ether oxygens (including phenoxy) is 1. The number of hydrogen-bond acceptors (Lipinski definition) is 8. The maximum Gasteiger partial charge on any atom is 0.232 e. The van der Waals surface area contributed by atoms with Crippen LogP contribution in [0.25, 0.3) is 22.6 Å². The molecule has 232 valence electrons. The molecule has 0 N–H and O–H groups in total. The van der Waals surface area contributed by atoms with Crippen molar-refractivity contribution in [1.82, 2.24) is 30.1 Å². The van der Waals surface area contributed by atoms with Crippen LogP contribution in [-0.4, -0.2) is 61.1 Å². The van der Waals surface area contributed by atoms with Crippen molar-refractivity contribution in [3.63, 3.8) is 0 Å². The second kappa shape index (κ2) is 11.7. The molecule has 3 fully saturated rings. The number of rotatable bonds is 9. The van der Waals surface area contributed by atoms with Gasteiger partial charge in [0.05, 0.1) is 17.3 Å². The topological polar surface area (TPSA) is 115 Å². The number of amides is 2.